The van der Waals surface area contributed by atoms with Crippen LogP contribution in [0.1, 0.15) is 43.7 Å². The average Bonchev–Trinajstić information content (AvgIpc) is 2.77. The topological polar surface area (TPSA) is 102 Å². The molecule has 0 bridgehead atoms. The molecule has 3 rings (SSSR count). The molecule has 0 amide bonds. The van der Waals surface area contributed by atoms with E-state index in [4.69, 9.17) is 21.1 Å². The van der Waals surface area contributed by atoms with Crippen molar-refractivity contribution in [3.63, 3.8) is 0 Å². The monoisotopic (exact) mass is 444 g/mol. The van der Waals surface area contributed by atoms with Gasteiger partial charge in [0.1, 0.15) is 11.8 Å². The number of aliphatic carboxylic acids is 1. The smallest absolute Gasteiger partial charge is 0.326 e. The van der Waals surface area contributed by atoms with Crippen molar-refractivity contribution >= 4 is 17.6 Å². The first kappa shape index (κ1) is 22.9. The Labute approximate surface area is 185 Å². The Morgan fingerprint density at radius 2 is 1.97 bits per heavy atom. The van der Waals surface area contributed by atoms with Gasteiger partial charge in [-0.25, -0.2) is 4.79 Å². The molecule has 1 aromatic carbocycles. The Morgan fingerprint density at radius 3 is 2.55 bits per heavy atom. The number of hydrogen-bond acceptors (Lipinski definition) is 5. The minimum atomic E-state index is -1.06. The highest BCUT2D eigenvalue weighted by Gasteiger charge is 2.29. The zero-order valence-corrected chi connectivity index (χ0v) is 18.3. The molecule has 1 aliphatic rings. The summed E-state index contributed by atoms with van der Waals surface area (Å²) < 4.78 is 12.1. The van der Waals surface area contributed by atoms with Crippen molar-refractivity contribution in [3.05, 3.63) is 51.4 Å². The number of benzene rings is 1. The van der Waals surface area contributed by atoms with E-state index in [1.807, 2.05) is 0 Å². The molecule has 1 aliphatic carbocycles. The van der Waals surface area contributed by atoms with E-state index < -0.39 is 17.6 Å². The number of aromatic nitrogens is 1. The molecule has 1 unspecified atom stereocenters. The third kappa shape index (κ3) is 5.09. The number of carboxylic acids is 1. The van der Waals surface area contributed by atoms with E-state index in [0.29, 0.717) is 33.9 Å². The molecular weight excluding hydrogens is 420 g/mol. The second-order valence-electron chi connectivity index (χ2n) is 7.77. The summed E-state index contributed by atoms with van der Waals surface area (Å²) in [5, 5.41) is 19.7. The van der Waals surface area contributed by atoms with E-state index in [1.54, 1.807) is 25.3 Å². The van der Waals surface area contributed by atoms with Crippen molar-refractivity contribution in [1.29, 1.82) is 5.26 Å². The van der Waals surface area contributed by atoms with Crippen LogP contribution in [0.5, 0.6) is 5.75 Å². The maximum atomic E-state index is 13.0. The largest absolute Gasteiger partial charge is 0.495 e. The molecule has 1 N–H and O–H groups in total. The highest BCUT2D eigenvalue weighted by Crippen LogP contribution is 2.35. The third-order valence-corrected chi connectivity index (χ3v) is 6.20. The molecule has 1 heterocycles. The Hall–Kier alpha value is -2.82. The molecule has 1 fully saturated rings. The van der Waals surface area contributed by atoms with Gasteiger partial charge in [0.2, 0.25) is 0 Å². The van der Waals surface area contributed by atoms with Crippen LogP contribution in [0, 0.1) is 17.2 Å². The Bertz CT molecular complexity index is 1050. The van der Waals surface area contributed by atoms with Crippen LogP contribution in [-0.2, 0) is 9.53 Å². The molecule has 0 saturated heterocycles. The number of nitrogens with zero attached hydrogens (tertiary/aromatic N) is 2. The Balaban J connectivity index is 1.98. The molecule has 0 spiro atoms. The lowest BCUT2D eigenvalue weighted by Crippen LogP contribution is -2.32. The fraction of sp³-hybridized carbons (Fsp3) is 0.435. The van der Waals surface area contributed by atoms with Crippen LogP contribution in [-0.4, -0.2) is 36.0 Å². The van der Waals surface area contributed by atoms with E-state index >= 15 is 0 Å². The summed E-state index contributed by atoms with van der Waals surface area (Å²) in [5.74, 6) is -0.567. The van der Waals surface area contributed by atoms with Crippen molar-refractivity contribution in [2.75, 3.05) is 14.2 Å². The molecule has 164 valence electrons. The number of methoxy groups -OCH3 is 2. The number of nitriles is 1. The van der Waals surface area contributed by atoms with E-state index in [-0.39, 0.29) is 12.0 Å². The lowest BCUT2D eigenvalue weighted by Gasteiger charge is -2.29. The number of halogens is 1. The van der Waals surface area contributed by atoms with Crippen molar-refractivity contribution in [2.45, 2.75) is 44.2 Å². The Morgan fingerprint density at radius 1 is 1.26 bits per heavy atom. The lowest BCUT2D eigenvalue weighted by atomic mass is 9.83. The van der Waals surface area contributed by atoms with E-state index in [9.17, 15) is 20.0 Å². The highest BCUT2D eigenvalue weighted by molar-refractivity contribution is 6.31. The number of hydrogen-bond donors (Lipinski definition) is 1. The van der Waals surface area contributed by atoms with Gasteiger partial charge < -0.3 is 14.6 Å². The number of pyridine rings is 1. The number of ether oxygens (including phenoxy) is 2. The highest BCUT2D eigenvalue weighted by atomic mass is 35.5. The zero-order valence-electron chi connectivity index (χ0n) is 17.5. The molecule has 1 aromatic heterocycles. The molecule has 0 radical (unpaired) electrons. The predicted molar refractivity (Wildman–Crippen MR) is 116 cm³/mol. The van der Waals surface area contributed by atoms with Crippen LogP contribution >= 0.6 is 11.6 Å². The summed E-state index contributed by atoms with van der Waals surface area (Å²) in [6.07, 6.45) is 5.48. The zero-order chi connectivity index (χ0) is 22.5. The van der Waals surface area contributed by atoms with Crippen LogP contribution in [0.3, 0.4) is 0 Å². The number of carbonyl (C=O) groups is 1. The first-order valence-electron chi connectivity index (χ1n) is 10.1. The molecule has 1 atom stereocenters. The predicted octanol–water partition coefficient (Wildman–Crippen LogP) is 4.27. The molecule has 31 heavy (non-hydrogen) atoms. The van der Waals surface area contributed by atoms with E-state index in [0.717, 1.165) is 25.7 Å². The van der Waals surface area contributed by atoms with Gasteiger partial charge in [0.15, 0.2) is 0 Å². The van der Waals surface area contributed by atoms with Gasteiger partial charge in [0.25, 0.3) is 5.56 Å². The maximum absolute atomic E-state index is 13.0. The summed E-state index contributed by atoms with van der Waals surface area (Å²) >= 11 is 6.09. The number of carboxylic acid groups (broad SMARTS) is 1. The van der Waals surface area contributed by atoms with Gasteiger partial charge in [-0.1, -0.05) is 11.6 Å². The van der Waals surface area contributed by atoms with Gasteiger partial charge in [-0.15, -0.1) is 0 Å². The van der Waals surface area contributed by atoms with Crippen LogP contribution in [0.15, 0.2) is 35.3 Å². The molecule has 0 aliphatic heterocycles. The van der Waals surface area contributed by atoms with Crippen LogP contribution in [0.4, 0.5) is 0 Å². The SMILES string of the molecule is COc1cn(C(C[C@H]2CC[C@@H](OC)CC2)C(=O)O)c(=O)cc1-c1cc(Cl)ccc1C#N. The average molecular weight is 445 g/mol. The molecule has 2 aromatic rings. The van der Waals surface area contributed by atoms with Gasteiger partial charge in [0.05, 0.1) is 31.0 Å². The van der Waals surface area contributed by atoms with Crippen molar-refractivity contribution < 1.29 is 19.4 Å². The van der Waals surface area contributed by atoms with E-state index in [1.165, 1.54) is 23.9 Å². The molecule has 1 saturated carbocycles. The van der Waals surface area contributed by atoms with Crippen molar-refractivity contribution in [2.24, 2.45) is 5.92 Å². The van der Waals surface area contributed by atoms with E-state index in [2.05, 4.69) is 6.07 Å². The van der Waals surface area contributed by atoms with Crippen LogP contribution < -0.4 is 10.3 Å². The Kier molecular flexibility index (Phi) is 7.37. The second-order valence-corrected chi connectivity index (χ2v) is 8.21. The van der Waals surface area contributed by atoms with Crippen LogP contribution in [0.25, 0.3) is 11.1 Å². The first-order chi connectivity index (χ1) is 14.9. The standard InChI is InChI=1S/C23H25ClN2O5/c1-30-17-7-3-14(4-8-17)9-20(23(28)29)26-13-21(31-2)19(11-22(26)27)18-10-16(24)6-5-15(18)12-25/h5-6,10-11,13-14,17,20H,3-4,7-9H2,1-2H3,(H,28,29)/t14-,17+,20?. The van der Waals surface area contributed by atoms with Gasteiger partial charge in [-0.2, -0.15) is 5.26 Å². The van der Waals surface area contributed by atoms with Gasteiger partial charge in [-0.3, -0.25) is 9.36 Å². The maximum Gasteiger partial charge on any atom is 0.326 e. The fourth-order valence-electron chi connectivity index (χ4n) is 4.23. The summed E-state index contributed by atoms with van der Waals surface area (Å²) in [7, 11) is 3.13. The van der Waals surface area contributed by atoms with Crippen molar-refractivity contribution in [1.82, 2.24) is 4.57 Å². The minimum Gasteiger partial charge on any atom is -0.495 e. The molecular formula is C23H25ClN2O5. The third-order valence-electron chi connectivity index (χ3n) is 5.96. The second kappa shape index (κ2) is 9.99. The van der Waals surface area contributed by atoms with Crippen LogP contribution in [0.2, 0.25) is 5.02 Å². The lowest BCUT2D eigenvalue weighted by molar-refractivity contribution is -0.141. The quantitative estimate of drug-likeness (QED) is 0.684. The van der Waals surface area contributed by atoms with Gasteiger partial charge in [-0.05, 0) is 56.2 Å². The molecule has 8 heteroatoms. The molecule has 7 nitrogen and oxygen atoms in total. The number of rotatable bonds is 7. The first-order valence-corrected chi connectivity index (χ1v) is 10.5. The van der Waals surface area contributed by atoms with Gasteiger partial charge in [0, 0.05) is 29.3 Å². The minimum absolute atomic E-state index is 0.197. The summed E-state index contributed by atoms with van der Waals surface area (Å²) in [6, 6.07) is 7.14. The van der Waals surface area contributed by atoms with Crippen molar-refractivity contribution in [3.8, 4) is 22.9 Å². The summed E-state index contributed by atoms with van der Waals surface area (Å²) in [5.41, 5.74) is 0.718. The van der Waals surface area contributed by atoms with Gasteiger partial charge >= 0.3 is 5.97 Å². The summed E-state index contributed by atoms with van der Waals surface area (Å²) in [4.78, 5) is 25.0. The fourth-order valence-corrected chi connectivity index (χ4v) is 4.41. The normalized spacial score (nSPS) is 19.4. The summed E-state index contributed by atoms with van der Waals surface area (Å²) in [6.45, 7) is 0.